The van der Waals surface area contributed by atoms with Gasteiger partial charge in [-0.2, -0.15) is 0 Å². The fourth-order valence-electron chi connectivity index (χ4n) is 2.59. The SMILES string of the molecule is Clc1ccc(CNC2CCCc3occc32)cc1Cl. The Labute approximate surface area is 122 Å². The number of aryl methyl sites for hydroxylation is 1. The summed E-state index contributed by atoms with van der Waals surface area (Å²) in [7, 11) is 0. The summed E-state index contributed by atoms with van der Waals surface area (Å²) in [6.07, 6.45) is 5.14. The summed E-state index contributed by atoms with van der Waals surface area (Å²) < 4.78 is 5.49. The number of furan rings is 1. The maximum absolute atomic E-state index is 6.02. The second-order valence-corrected chi connectivity index (χ2v) is 5.69. The van der Waals surface area contributed by atoms with Gasteiger partial charge in [0.1, 0.15) is 5.76 Å². The van der Waals surface area contributed by atoms with Crippen molar-refractivity contribution < 1.29 is 4.42 Å². The summed E-state index contributed by atoms with van der Waals surface area (Å²) in [5.41, 5.74) is 2.44. The van der Waals surface area contributed by atoms with Gasteiger partial charge in [0.05, 0.1) is 16.3 Å². The van der Waals surface area contributed by atoms with Crippen molar-refractivity contribution >= 4 is 23.2 Å². The lowest BCUT2D eigenvalue weighted by atomic mass is 9.93. The summed E-state index contributed by atoms with van der Waals surface area (Å²) in [6.45, 7) is 0.784. The van der Waals surface area contributed by atoms with Gasteiger partial charge in [0.15, 0.2) is 0 Å². The maximum Gasteiger partial charge on any atom is 0.108 e. The lowest BCUT2D eigenvalue weighted by Crippen LogP contribution is -2.24. The van der Waals surface area contributed by atoms with Crippen molar-refractivity contribution in [2.75, 3.05) is 0 Å². The molecule has 0 fully saturated rings. The molecular formula is C15H15Cl2NO. The fraction of sp³-hybridized carbons (Fsp3) is 0.333. The highest BCUT2D eigenvalue weighted by Crippen LogP contribution is 2.31. The van der Waals surface area contributed by atoms with Crippen LogP contribution < -0.4 is 5.32 Å². The molecule has 0 bridgehead atoms. The van der Waals surface area contributed by atoms with Crippen LogP contribution in [0.5, 0.6) is 0 Å². The third-order valence-electron chi connectivity index (χ3n) is 3.59. The summed E-state index contributed by atoms with van der Waals surface area (Å²) in [6, 6.07) is 8.19. The largest absolute Gasteiger partial charge is 0.469 e. The van der Waals surface area contributed by atoms with E-state index in [1.54, 1.807) is 6.26 Å². The van der Waals surface area contributed by atoms with E-state index in [1.165, 1.54) is 12.0 Å². The molecule has 0 amide bonds. The molecule has 0 radical (unpaired) electrons. The predicted octanol–water partition coefficient (Wildman–Crippen LogP) is 4.75. The van der Waals surface area contributed by atoms with E-state index in [0.717, 1.165) is 30.7 Å². The molecule has 1 unspecified atom stereocenters. The van der Waals surface area contributed by atoms with Gasteiger partial charge in [-0.05, 0) is 36.6 Å². The molecule has 0 saturated carbocycles. The van der Waals surface area contributed by atoms with Crippen molar-refractivity contribution in [3.63, 3.8) is 0 Å². The Balaban J connectivity index is 1.69. The van der Waals surface area contributed by atoms with Crippen LogP contribution in [0.3, 0.4) is 0 Å². The second kappa shape index (κ2) is 5.58. The normalized spacial score (nSPS) is 18.3. The quantitative estimate of drug-likeness (QED) is 0.884. The van der Waals surface area contributed by atoms with Crippen molar-refractivity contribution in [3.8, 4) is 0 Å². The number of rotatable bonds is 3. The number of nitrogens with one attached hydrogen (secondary N) is 1. The number of benzene rings is 1. The second-order valence-electron chi connectivity index (χ2n) is 4.87. The standard InChI is InChI=1S/C15H15Cl2NO/c16-12-5-4-10(8-13(12)17)9-18-14-2-1-3-15-11(14)6-7-19-15/h4-8,14,18H,1-3,9H2. The Hall–Kier alpha value is -0.960. The molecule has 0 saturated heterocycles. The maximum atomic E-state index is 6.02. The molecule has 2 aromatic rings. The highest BCUT2D eigenvalue weighted by atomic mass is 35.5. The third-order valence-corrected chi connectivity index (χ3v) is 4.33. The number of hydrogen-bond acceptors (Lipinski definition) is 2. The van der Waals surface area contributed by atoms with Crippen molar-refractivity contribution in [2.24, 2.45) is 0 Å². The molecule has 1 atom stereocenters. The van der Waals surface area contributed by atoms with Crippen molar-refractivity contribution in [3.05, 3.63) is 57.5 Å². The van der Waals surface area contributed by atoms with E-state index in [4.69, 9.17) is 27.6 Å². The van der Waals surface area contributed by atoms with Gasteiger partial charge in [-0.15, -0.1) is 0 Å². The lowest BCUT2D eigenvalue weighted by molar-refractivity contribution is 0.411. The third kappa shape index (κ3) is 2.81. The van der Waals surface area contributed by atoms with Gasteiger partial charge in [-0.25, -0.2) is 0 Å². The summed E-state index contributed by atoms with van der Waals surface area (Å²) in [4.78, 5) is 0. The molecule has 1 N–H and O–H groups in total. The molecule has 0 spiro atoms. The van der Waals surface area contributed by atoms with E-state index >= 15 is 0 Å². The Bertz CT molecular complexity index is 579. The van der Waals surface area contributed by atoms with Gasteiger partial charge >= 0.3 is 0 Å². The molecule has 0 aliphatic heterocycles. The Morgan fingerprint density at radius 2 is 2.11 bits per heavy atom. The molecule has 1 aromatic carbocycles. The summed E-state index contributed by atoms with van der Waals surface area (Å²) >= 11 is 11.9. The van der Waals surface area contributed by atoms with Crippen LogP contribution in [0.25, 0.3) is 0 Å². The molecule has 1 heterocycles. The molecule has 4 heteroatoms. The number of halogens is 2. The van der Waals surface area contributed by atoms with E-state index in [0.29, 0.717) is 16.1 Å². The summed E-state index contributed by atoms with van der Waals surface area (Å²) in [5, 5.41) is 4.77. The molecule has 2 nitrogen and oxygen atoms in total. The Kier molecular flexibility index (Phi) is 3.83. The van der Waals surface area contributed by atoms with E-state index in [9.17, 15) is 0 Å². The lowest BCUT2D eigenvalue weighted by Gasteiger charge is -2.23. The predicted molar refractivity (Wildman–Crippen MR) is 77.7 cm³/mol. The van der Waals surface area contributed by atoms with E-state index < -0.39 is 0 Å². The summed E-state index contributed by atoms with van der Waals surface area (Å²) in [5.74, 6) is 1.12. The van der Waals surface area contributed by atoms with Crippen LogP contribution in [0.15, 0.2) is 34.9 Å². The van der Waals surface area contributed by atoms with Crippen LogP contribution in [0.4, 0.5) is 0 Å². The van der Waals surface area contributed by atoms with Gasteiger partial charge in [-0.1, -0.05) is 29.3 Å². The highest BCUT2D eigenvalue weighted by molar-refractivity contribution is 6.42. The zero-order valence-electron chi connectivity index (χ0n) is 10.5. The average Bonchev–Trinajstić information content (AvgIpc) is 2.89. The Morgan fingerprint density at radius 3 is 2.95 bits per heavy atom. The van der Waals surface area contributed by atoms with Crippen molar-refractivity contribution in [1.29, 1.82) is 0 Å². The highest BCUT2D eigenvalue weighted by Gasteiger charge is 2.21. The van der Waals surface area contributed by atoms with Crippen LogP contribution in [0.1, 0.15) is 35.8 Å². The van der Waals surface area contributed by atoms with E-state index in [1.807, 2.05) is 18.2 Å². The minimum atomic E-state index is 0.372. The first-order valence-electron chi connectivity index (χ1n) is 6.47. The van der Waals surface area contributed by atoms with Crippen molar-refractivity contribution in [1.82, 2.24) is 5.32 Å². The van der Waals surface area contributed by atoms with Gasteiger partial charge < -0.3 is 9.73 Å². The Morgan fingerprint density at radius 1 is 1.21 bits per heavy atom. The molecule has 3 rings (SSSR count). The topological polar surface area (TPSA) is 25.2 Å². The zero-order valence-corrected chi connectivity index (χ0v) is 12.0. The molecule has 1 aliphatic carbocycles. The molecule has 1 aromatic heterocycles. The van der Waals surface area contributed by atoms with E-state index in [2.05, 4.69) is 11.4 Å². The van der Waals surface area contributed by atoms with Crippen LogP contribution >= 0.6 is 23.2 Å². The molecular weight excluding hydrogens is 281 g/mol. The minimum absolute atomic E-state index is 0.372. The van der Waals surface area contributed by atoms with E-state index in [-0.39, 0.29) is 0 Å². The van der Waals surface area contributed by atoms with Gasteiger partial charge in [0.2, 0.25) is 0 Å². The first kappa shape index (κ1) is 13.0. The number of hydrogen-bond donors (Lipinski definition) is 1. The van der Waals surface area contributed by atoms with Crippen LogP contribution in [0.2, 0.25) is 10.0 Å². The minimum Gasteiger partial charge on any atom is -0.469 e. The van der Waals surface area contributed by atoms with Crippen molar-refractivity contribution in [2.45, 2.75) is 31.8 Å². The first-order valence-corrected chi connectivity index (χ1v) is 7.23. The molecule has 19 heavy (non-hydrogen) atoms. The number of fused-ring (bicyclic) bond motifs is 1. The first-order chi connectivity index (χ1) is 9.24. The average molecular weight is 296 g/mol. The smallest absolute Gasteiger partial charge is 0.108 e. The zero-order chi connectivity index (χ0) is 13.2. The van der Waals surface area contributed by atoms with Crippen LogP contribution in [-0.2, 0) is 13.0 Å². The van der Waals surface area contributed by atoms with Crippen LogP contribution in [-0.4, -0.2) is 0 Å². The fourth-order valence-corrected chi connectivity index (χ4v) is 2.91. The van der Waals surface area contributed by atoms with Crippen LogP contribution in [0, 0.1) is 0 Å². The monoisotopic (exact) mass is 295 g/mol. The van der Waals surface area contributed by atoms with Gasteiger partial charge in [-0.3, -0.25) is 0 Å². The molecule has 100 valence electrons. The molecule has 1 aliphatic rings. The van der Waals surface area contributed by atoms with Gasteiger partial charge in [0.25, 0.3) is 0 Å². The van der Waals surface area contributed by atoms with Gasteiger partial charge in [0, 0.05) is 24.6 Å².